The van der Waals surface area contributed by atoms with Gasteiger partial charge >= 0.3 is 11.8 Å². The molecule has 5 nitrogen and oxygen atoms in total. The Hall–Kier alpha value is -1.59. The van der Waals surface area contributed by atoms with E-state index < -0.39 is 11.8 Å². The van der Waals surface area contributed by atoms with Crippen LogP contribution in [0.1, 0.15) is 117 Å². The maximum Gasteiger partial charge on any atom is 0.377 e. The average Bonchev–Trinajstić information content (AvgIpc) is 2.84. The highest BCUT2D eigenvalue weighted by Gasteiger charge is 2.42. The second kappa shape index (κ2) is 20.8. The summed E-state index contributed by atoms with van der Waals surface area (Å²) in [5.41, 5.74) is 0. The number of carboxylic acid groups (broad SMARTS) is 1. The smallest absolute Gasteiger partial charge is 0.377 e. The first-order chi connectivity index (χ1) is 16.6. The number of carboxylic acids is 1. The Morgan fingerprint density at radius 2 is 1.24 bits per heavy atom. The lowest BCUT2D eigenvalue weighted by Gasteiger charge is -2.30. The van der Waals surface area contributed by atoms with Gasteiger partial charge in [-0.3, -0.25) is 0 Å². The molecule has 0 amide bonds. The quantitative estimate of drug-likeness (QED) is 0.120. The predicted octanol–water partition coefficient (Wildman–Crippen LogP) is 8.16. The molecule has 0 aliphatic rings. The second-order valence-electron chi connectivity index (χ2n) is 9.22. The lowest BCUT2D eigenvalue weighted by Crippen LogP contribution is -2.48. The fourth-order valence-electron chi connectivity index (χ4n) is 4.18. The van der Waals surface area contributed by atoms with Gasteiger partial charge in [0.1, 0.15) is 5.75 Å². The summed E-state index contributed by atoms with van der Waals surface area (Å²) in [5.74, 6) is -2.25. The molecule has 0 bridgehead atoms. The van der Waals surface area contributed by atoms with Crippen molar-refractivity contribution in [1.82, 2.24) is 0 Å². The van der Waals surface area contributed by atoms with E-state index in [9.17, 15) is 9.90 Å². The summed E-state index contributed by atoms with van der Waals surface area (Å²) in [6.07, 6.45) is 19.4. The summed E-state index contributed by atoms with van der Waals surface area (Å²) in [6, 6.07) is 9.05. The summed E-state index contributed by atoms with van der Waals surface area (Å²) >= 11 is 0. The molecule has 0 aliphatic carbocycles. The Bertz CT molecular complexity index is 591. The topological polar surface area (TPSA) is 65.0 Å². The molecule has 1 aromatic carbocycles. The monoisotopic (exact) mass is 478 g/mol. The van der Waals surface area contributed by atoms with Crippen LogP contribution in [0.15, 0.2) is 30.3 Å². The summed E-state index contributed by atoms with van der Waals surface area (Å²) in [6.45, 7) is 5.28. The highest BCUT2D eigenvalue weighted by atomic mass is 16.7. The highest BCUT2D eigenvalue weighted by Crippen LogP contribution is 2.26. The van der Waals surface area contributed by atoms with Crippen molar-refractivity contribution in [1.29, 1.82) is 0 Å². The molecule has 1 atom stereocenters. The van der Waals surface area contributed by atoms with Crippen molar-refractivity contribution < 1.29 is 24.1 Å². The summed E-state index contributed by atoms with van der Waals surface area (Å²) in [5, 5.41) is 9.97. The van der Waals surface area contributed by atoms with Crippen LogP contribution in [0.25, 0.3) is 0 Å². The number of rotatable bonds is 24. The molecule has 1 rings (SSSR count). The van der Waals surface area contributed by atoms with E-state index in [0.717, 1.165) is 19.3 Å². The van der Waals surface area contributed by atoms with Crippen molar-refractivity contribution in [3.8, 4) is 5.75 Å². The van der Waals surface area contributed by atoms with Crippen LogP contribution >= 0.6 is 0 Å². The maximum atomic E-state index is 12.2. The minimum absolute atomic E-state index is 0.186. The first-order valence-electron chi connectivity index (χ1n) is 13.8. The molecule has 0 radical (unpaired) electrons. The highest BCUT2D eigenvalue weighted by molar-refractivity contribution is 5.76. The van der Waals surface area contributed by atoms with E-state index >= 15 is 0 Å². The normalized spacial score (nSPS) is 13.0. The number of para-hydroxylation sites is 1. The van der Waals surface area contributed by atoms with Crippen molar-refractivity contribution in [3.05, 3.63) is 30.3 Å². The minimum Gasteiger partial charge on any atom is -0.476 e. The van der Waals surface area contributed by atoms with Gasteiger partial charge in [0, 0.05) is 13.0 Å². The molecule has 196 valence electrons. The van der Waals surface area contributed by atoms with E-state index in [4.69, 9.17) is 14.2 Å². The number of hydrogen-bond acceptors (Lipinski definition) is 4. The Labute approximate surface area is 208 Å². The number of carbonyl (C=O) groups is 1. The predicted molar refractivity (Wildman–Crippen MR) is 139 cm³/mol. The van der Waals surface area contributed by atoms with E-state index in [1.165, 1.54) is 77.0 Å². The van der Waals surface area contributed by atoms with E-state index in [1.54, 1.807) is 12.1 Å². The number of hydrogen-bond donors (Lipinski definition) is 1. The molecule has 0 fully saturated rings. The Kier molecular flexibility index (Phi) is 18.6. The average molecular weight is 479 g/mol. The van der Waals surface area contributed by atoms with Crippen LogP contribution in [0, 0.1) is 0 Å². The molecule has 0 spiro atoms. The maximum absolute atomic E-state index is 12.2. The largest absolute Gasteiger partial charge is 0.476 e. The summed E-state index contributed by atoms with van der Waals surface area (Å²) < 4.78 is 17.0. The van der Waals surface area contributed by atoms with Crippen LogP contribution in [-0.2, 0) is 14.3 Å². The fraction of sp³-hybridized carbons (Fsp3) is 0.759. The van der Waals surface area contributed by atoms with Gasteiger partial charge in [0.25, 0.3) is 0 Å². The van der Waals surface area contributed by atoms with Crippen LogP contribution < -0.4 is 4.74 Å². The van der Waals surface area contributed by atoms with Crippen molar-refractivity contribution in [3.63, 3.8) is 0 Å². The zero-order valence-corrected chi connectivity index (χ0v) is 21.9. The van der Waals surface area contributed by atoms with Crippen LogP contribution in [0.5, 0.6) is 5.75 Å². The molecule has 1 aromatic rings. The standard InChI is InChI=1S/C29H50O5/c1-3-5-6-7-8-9-10-11-12-13-14-15-16-17-21-24-29(28(30)31,33-26-25-32-4-2)34-27-22-19-18-20-23-27/h18-20,22-23H,3-17,21,24-26H2,1-2H3,(H,30,31). The van der Waals surface area contributed by atoms with Crippen molar-refractivity contribution >= 4 is 5.97 Å². The lowest BCUT2D eigenvalue weighted by atomic mass is 10.0. The molecule has 5 heteroatoms. The van der Waals surface area contributed by atoms with Crippen LogP contribution in [-0.4, -0.2) is 36.7 Å². The number of unbranched alkanes of at least 4 members (excludes halogenated alkanes) is 14. The SMILES string of the molecule is CCCCCCCCCCCCCCCCCC(OCCOCC)(Oc1ccccc1)C(=O)O. The van der Waals surface area contributed by atoms with Gasteiger partial charge in [0.2, 0.25) is 0 Å². The lowest BCUT2D eigenvalue weighted by molar-refractivity contribution is -0.218. The summed E-state index contributed by atoms with van der Waals surface area (Å²) in [4.78, 5) is 12.2. The van der Waals surface area contributed by atoms with Crippen molar-refractivity contribution in [2.75, 3.05) is 19.8 Å². The van der Waals surface area contributed by atoms with Gasteiger partial charge in [0.15, 0.2) is 0 Å². The third-order valence-electron chi connectivity index (χ3n) is 6.23. The van der Waals surface area contributed by atoms with Gasteiger partial charge in [-0.05, 0) is 25.5 Å². The molecular weight excluding hydrogens is 428 g/mol. The molecule has 1 unspecified atom stereocenters. The Balaban J connectivity index is 2.24. The first-order valence-corrected chi connectivity index (χ1v) is 13.8. The molecule has 0 heterocycles. The molecule has 0 saturated carbocycles. The van der Waals surface area contributed by atoms with Gasteiger partial charge in [-0.2, -0.15) is 0 Å². The number of aliphatic carboxylic acids is 1. The van der Waals surface area contributed by atoms with E-state index in [2.05, 4.69) is 6.92 Å². The fourth-order valence-corrected chi connectivity index (χ4v) is 4.18. The van der Waals surface area contributed by atoms with Gasteiger partial charge in [-0.15, -0.1) is 0 Å². The van der Waals surface area contributed by atoms with Crippen LogP contribution in [0.4, 0.5) is 0 Å². The molecule has 0 aromatic heterocycles. The number of ether oxygens (including phenoxy) is 3. The third-order valence-corrected chi connectivity index (χ3v) is 6.23. The van der Waals surface area contributed by atoms with Gasteiger partial charge < -0.3 is 19.3 Å². The zero-order valence-electron chi connectivity index (χ0n) is 21.9. The molecule has 34 heavy (non-hydrogen) atoms. The summed E-state index contributed by atoms with van der Waals surface area (Å²) in [7, 11) is 0. The van der Waals surface area contributed by atoms with Crippen LogP contribution in [0.3, 0.4) is 0 Å². The molecular formula is C29H50O5. The number of benzene rings is 1. The van der Waals surface area contributed by atoms with Gasteiger partial charge in [0.05, 0.1) is 13.2 Å². The Morgan fingerprint density at radius 1 is 0.735 bits per heavy atom. The first kappa shape index (κ1) is 30.4. The van der Waals surface area contributed by atoms with E-state index in [0.29, 0.717) is 25.4 Å². The third kappa shape index (κ3) is 14.6. The molecule has 0 aliphatic heterocycles. The second-order valence-corrected chi connectivity index (χ2v) is 9.22. The van der Waals surface area contributed by atoms with Gasteiger partial charge in [-0.1, -0.05) is 115 Å². The van der Waals surface area contributed by atoms with Crippen LogP contribution in [0.2, 0.25) is 0 Å². The van der Waals surface area contributed by atoms with E-state index in [-0.39, 0.29) is 6.61 Å². The molecule has 0 saturated heterocycles. The zero-order chi connectivity index (χ0) is 24.7. The van der Waals surface area contributed by atoms with Gasteiger partial charge in [-0.25, -0.2) is 4.79 Å². The van der Waals surface area contributed by atoms with Crippen molar-refractivity contribution in [2.24, 2.45) is 0 Å². The van der Waals surface area contributed by atoms with E-state index in [1.807, 2.05) is 25.1 Å². The van der Waals surface area contributed by atoms with Crippen molar-refractivity contribution in [2.45, 2.75) is 122 Å². The Morgan fingerprint density at radius 3 is 1.71 bits per heavy atom. The molecule has 1 N–H and O–H groups in total. The minimum atomic E-state index is -1.67.